The molecule has 1 saturated heterocycles. The van der Waals surface area contributed by atoms with Gasteiger partial charge in [-0.2, -0.15) is 0 Å². The summed E-state index contributed by atoms with van der Waals surface area (Å²) < 4.78 is 11.6. The van der Waals surface area contributed by atoms with E-state index in [4.69, 9.17) is 9.47 Å². The molecule has 1 fully saturated rings. The lowest BCUT2D eigenvalue weighted by molar-refractivity contribution is 0.198. The number of rotatable bonds is 5. The first kappa shape index (κ1) is 22.7. The third-order valence-corrected chi connectivity index (χ3v) is 5.71. The van der Waals surface area contributed by atoms with E-state index >= 15 is 0 Å². The van der Waals surface area contributed by atoms with Crippen LogP contribution in [-0.4, -0.2) is 46.1 Å². The topological polar surface area (TPSA) is 89.5 Å². The van der Waals surface area contributed by atoms with Crippen molar-refractivity contribution < 1.29 is 14.3 Å². The monoisotopic (exact) mass is 509 g/mol. The van der Waals surface area contributed by atoms with E-state index in [0.717, 1.165) is 16.5 Å². The molecule has 1 aromatic carbocycles. The molecule has 0 spiro atoms. The number of anilines is 1. The zero-order valence-electron chi connectivity index (χ0n) is 18.4. The number of hydrogen-bond acceptors (Lipinski definition) is 6. The van der Waals surface area contributed by atoms with Crippen LogP contribution in [0.25, 0.3) is 6.08 Å². The zero-order chi connectivity index (χ0) is 23.2. The largest absolute Gasteiger partial charge is 0.481 e. The van der Waals surface area contributed by atoms with Crippen molar-refractivity contribution in [3.63, 3.8) is 0 Å². The Balaban J connectivity index is 1.37. The summed E-state index contributed by atoms with van der Waals surface area (Å²) in [6.45, 7) is 3.43. The van der Waals surface area contributed by atoms with Crippen LogP contribution in [-0.2, 0) is 0 Å². The molecule has 3 aromatic rings. The second-order valence-corrected chi connectivity index (χ2v) is 8.61. The first-order valence-electron chi connectivity index (χ1n) is 10.5. The first-order valence-corrected chi connectivity index (χ1v) is 11.3. The highest BCUT2D eigenvalue weighted by molar-refractivity contribution is 9.10. The molecule has 3 heterocycles. The Labute approximate surface area is 200 Å². The second-order valence-electron chi connectivity index (χ2n) is 7.69. The fraction of sp³-hybridized carbons (Fsp3) is 0.250. The minimum absolute atomic E-state index is 0.127. The van der Waals surface area contributed by atoms with E-state index in [1.54, 1.807) is 37.8 Å². The van der Waals surface area contributed by atoms with Gasteiger partial charge in [-0.3, -0.25) is 0 Å². The molecule has 0 aliphatic carbocycles. The van der Waals surface area contributed by atoms with Crippen LogP contribution in [0, 0.1) is 5.92 Å². The summed E-state index contributed by atoms with van der Waals surface area (Å²) in [5.41, 5.74) is 2.97. The summed E-state index contributed by atoms with van der Waals surface area (Å²) in [6, 6.07) is 11.5. The van der Waals surface area contributed by atoms with Gasteiger partial charge in [-0.25, -0.2) is 19.7 Å². The Kier molecular flexibility index (Phi) is 7.19. The first-order chi connectivity index (χ1) is 16.0. The molecule has 33 heavy (non-hydrogen) atoms. The molecule has 9 heteroatoms. The van der Waals surface area contributed by atoms with Crippen molar-refractivity contribution in [2.75, 3.05) is 25.5 Å². The number of amides is 2. The van der Waals surface area contributed by atoms with Gasteiger partial charge >= 0.3 is 12.0 Å². The van der Waals surface area contributed by atoms with Crippen LogP contribution >= 0.6 is 15.9 Å². The second kappa shape index (κ2) is 10.4. The lowest BCUT2D eigenvalue weighted by Crippen LogP contribution is -2.42. The fourth-order valence-electron chi connectivity index (χ4n) is 3.57. The van der Waals surface area contributed by atoms with Gasteiger partial charge in [-0.1, -0.05) is 30.7 Å². The summed E-state index contributed by atoms with van der Waals surface area (Å²) in [4.78, 5) is 26.9. The van der Waals surface area contributed by atoms with Gasteiger partial charge in [0.2, 0.25) is 5.88 Å². The highest BCUT2D eigenvalue weighted by Gasteiger charge is 2.24. The van der Waals surface area contributed by atoms with Gasteiger partial charge in [-0.15, -0.1) is 0 Å². The minimum Gasteiger partial charge on any atom is -0.481 e. The van der Waals surface area contributed by atoms with Crippen molar-refractivity contribution in [1.29, 1.82) is 0 Å². The Hall–Kier alpha value is -3.46. The maximum atomic E-state index is 12.7. The Morgan fingerprint density at radius 1 is 1.18 bits per heavy atom. The quantitative estimate of drug-likeness (QED) is 0.495. The Bertz CT molecular complexity index is 1140. The number of carbonyl (C=O) groups excluding carboxylic acids is 1. The van der Waals surface area contributed by atoms with Crippen molar-refractivity contribution in [2.45, 2.75) is 13.3 Å². The van der Waals surface area contributed by atoms with E-state index in [2.05, 4.69) is 49.2 Å². The molecule has 1 aliphatic rings. The predicted molar refractivity (Wildman–Crippen MR) is 129 cm³/mol. The normalized spacial score (nSPS) is 17.0. The van der Waals surface area contributed by atoms with Gasteiger partial charge in [-0.05, 0) is 52.0 Å². The van der Waals surface area contributed by atoms with Crippen LogP contribution in [0.5, 0.6) is 17.6 Å². The van der Waals surface area contributed by atoms with Gasteiger partial charge in [0.15, 0.2) is 0 Å². The smallest absolute Gasteiger partial charge is 0.321 e. The standard InChI is InChI=1S/C24H24BrN5O3/c1-16-15-30(24(31)29-20-6-7-22(32-2)26-14-20)9-8-18(16)10-17-4-3-5-21(11-17)33-23-27-12-19(25)13-28-23/h3-7,10-14,16H,8-9,15H2,1-2H3,(H,29,31). The fourth-order valence-corrected chi connectivity index (χ4v) is 3.77. The SMILES string of the molecule is COc1ccc(NC(=O)N2CCC(=Cc3cccc(Oc4ncc(Br)cn4)c3)C(C)C2)cn1. The molecule has 1 unspecified atom stereocenters. The van der Waals surface area contributed by atoms with E-state index in [0.29, 0.717) is 36.4 Å². The molecular weight excluding hydrogens is 486 g/mol. The average molecular weight is 510 g/mol. The summed E-state index contributed by atoms with van der Waals surface area (Å²) in [6.07, 6.45) is 7.85. The van der Waals surface area contributed by atoms with E-state index in [1.165, 1.54) is 5.57 Å². The number of methoxy groups -OCH3 is 1. The maximum absolute atomic E-state index is 12.7. The number of nitrogens with one attached hydrogen (secondary N) is 1. The van der Waals surface area contributed by atoms with Crippen molar-refractivity contribution in [1.82, 2.24) is 19.9 Å². The number of halogens is 1. The number of nitrogens with zero attached hydrogens (tertiary/aromatic N) is 4. The zero-order valence-corrected chi connectivity index (χ0v) is 19.9. The van der Waals surface area contributed by atoms with E-state index in [1.807, 2.05) is 29.2 Å². The van der Waals surface area contributed by atoms with Gasteiger partial charge in [0.1, 0.15) is 5.75 Å². The number of hydrogen-bond donors (Lipinski definition) is 1. The van der Waals surface area contributed by atoms with Crippen LogP contribution < -0.4 is 14.8 Å². The van der Waals surface area contributed by atoms with Gasteiger partial charge in [0.25, 0.3) is 0 Å². The molecule has 1 aliphatic heterocycles. The Morgan fingerprint density at radius 2 is 2.00 bits per heavy atom. The number of benzene rings is 1. The highest BCUT2D eigenvalue weighted by Crippen LogP contribution is 2.27. The van der Waals surface area contributed by atoms with Crippen LogP contribution in [0.2, 0.25) is 0 Å². The van der Waals surface area contributed by atoms with Crippen molar-refractivity contribution >= 4 is 33.7 Å². The van der Waals surface area contributed by atoms with E-state index in [9.17, 15) is 4.79 Å². The summed E-state index contributed by atoms with van der Waals surface area (Å²) in [5, 5.41) is 2.90. The molecule has 1 atom stereocenters. The van der Waals surface area contributed by atoms with E-state index in [-0.39, 0.29) is 11.9 Å². The number of likely N-dealkylation sites (tertiary alicyclic amines) is 1. The molecule has 0 radical (unpaired) electrons. The number of carbonyl (C=O) groups is 1. The average Bonchev–Trinajstić information content (AvgIpc) is 2.82. The lowest BCUT2D eigenvalue weighted by atomic mass is 9.91. The minimum atomic E-state index is -0.127. The molecule has 4 rings (SSSR count). The van der Waals surface area contributed by atoms with Crippen molar-refractivity contribution in [3.05, 3.63) is 70.6 Å². The van der Waals surface area contributed by atoms with Crippen molar-refractivity contribution in [2.24, 2.45) is 5.92 Å². The van der Waals surface area contributed by atoms with Crippen LogP contribution in [0.15, 0.2) is 65.0 Å². The summed E-state index contributed by atoms with van der Waals surface area (Å²) in [7, 11) is 1.56. The van der Waals surface area contributed by atoms with Gasteiger partial charge in [0.05, 0.1) is 23.5 Å². The number of pyridine rings is 1. The van der Waals surface area contributed by atoms with Crippen LogP contribution in [0.3, 0.4) is 0 Å². The third-order valence-electron chi connectivity index (χ3n) is 5.30. The molecular formula is C24H24BrN5O3. The maximum Gasteiger partial charge on any atom is 0.321 e. The molecule has 170 valence electrons. The van der Waals surface area contributed by atoms with E-state index < -0.39 is 0 Å². The van der Waals surface area contributed by atoms with Crippen LogP contribution in [0.1, 0.15) is 18.9 Å². The number of aromatic nitrogens is 3. The summed E-state index contributed by atoms with van der Waals surface area (Å²) >= 11 is 3.31. The molecule has 8 nitrogen and oxygen atoms in total. The highest BCUT2D eigenvalue weighted by atomic mass is 79.9. The van der Waals surface area contributed by atoms with Gasteiger partial charge < -0.3 is 19.7 Å². The Morgan fingerprint density at radius 3 is 2.70 bits per heavy atom. The van der Waals surface area contributed by atoms with Gasteiger partial charge in [0, 0.05) is 31.5 Å². The number of ether oxygens (including phenoxy) is 2. The molecule has 2 amide bonds. The summed E-state index contributed by atoms with van der Waals surface area (Å²) in [5.74, 6) is 1.41. The number of urea groups is 1. The molecule has 2 aromatic heterocycles. The lowest BCUT2D eigenvalue weighted by Gasteiger charge is -2.33. The third kappa shape index (κ3) is 6.07. The number of piperidine rings is 1. The predicted octanol–water partition coefficient (Wildman–Crippen LogP) is 5.39. The van der Waals surface area contributed by atoms with Crippen LogP contribution in [0.4, 0.5) is 10.5 Å². The van der Waals surface area contributed by atoms with Crippen molar-refractivity contribution in [3.8, 4) is 17.6 Å². The molecule has 1 N–H and O–H groups in total. The molecule has 0 bridgehead atoms. The molecule has 0 saturated carbocycles.